The molecular weight excluding hydrogens is 304 g/mol. The molecule has 1 aliphatic heterocycles. The molecule has 3 heterocycles. The molecule has 1 saturated carbocycles. The zero-order valence-electron chi connectivity index (χ0n) is 13.6. The van der Waals surface area contributed by atoms with E-state index < -0.39 is 0 Å². The van der Waals surface area contributed by atoms with Crippen LogP contribution in [0.4, 0.5) is 0 Å². The van der Waals surface area contributed by atoms with Crippen LogP contribution in [0.15, 0.2) is 35.1 Å². The molecule has 1 N–H and O–H groups in total. The van der Waals surface area contributed by atoms with Gasteiger partial charge < -0.3 is 14.7 Å². The fourth-order valence-corrected chi connectivity index (χ4v) is 3.13. The molecule has 6 nitrogen and oxygen atoms in total. The summed E-state index contributed by atoms with van der Waals surface area (Å²) in [6.45, 7) is 2.69. The summed E-state index contributed by atoms with van der Waals surface area (Å²) < 4.78 is 5.32. The number of amides is 1. The summed E-state index contributed by atoms with van der Waals surface area (Å²) in [7, 11) is 0. The van der Waals surface area contributed by atoms with Crippen LogP contribution in [0.2, 0.25) is 0 Å². The van der Waals surface area contributed by atoms with Crippen molar-refractivity contribution in [3.8, 4) is 11.3 Å². The van der Waals surface area contributed by atoms with E-state index in [9.17, 15) is 4.79 Å². The normalized spacial score (nSPS) is 18.8. The predicted octanol–water partition coefficient (Wildman–Crippen LogP) is 2.34. The van der Waals surface area contributed by atoms with E-state index in [0.29, 0.717) is 17.5 Å². The van der Waals surface area contributed by atoms with E-state index in [4.69, 9.17) is 4.52 Å². The molecule has 0 radical (unpaired) electrons. The molecule has 2 aromatic rings. The molecule has 6 heteroatoms. The highest BCUT2D eigenvalue weighted by Crippen LogP contribution is 2.28. The fraction of sp³-hybridized carbons (Fsp3) is 0.500. The maximum absolute atomic E-state index is 12.6. The highest BCUT2D eigenvalue weighted by atomic mass is 16.5. The van der Waals surface area contributed by atoms with Gasteiger partial charge in [-0.05, 0) is 50.3 Å². The van der Waals surface area contributed by atoms with Crippen molar-refractivity contribution in [2.45, 2.75) is 31.7 Å². The van der Waals surface area contributed by atoms with E-state index in [-0.39, 0.29) is 5.91 Å². The lowest BCUT2D eigenvalue weighted by Crippen LogP contribution is -2.45. The topological polar surface area (TPSA) is 71.3 Å². The van der Waals surface area contributed by atoms with Crippen molar-refractivity contribution in [1.82, 2.24) is 20.4 Å². The average Bonchev–Trinajstić information content (AvgIpc) is 3.34. The third kappa shape index (κ3) is 3.48. The van der Waals surface area contributed by atoms with Gasteiger partial charge in [0.2, 0.25) is 0 Å². The summed E-state index contributed by atoms with van der Waals surface area (Å²) in [6.07, 6.45) is 8.14. The van der Waals surface area contributed by atoms with Gasteiger partial charge in [-0.1, -0.05) is 5.16 Å². The first-order valence-corrected chi connectivity index (χ1v) is 8.69. The quantitative estimate of drug-likeness (QED) is 0.913. The minimum atomic E-state index is -0.0419. The Bertz CT molecular complexity index is 688. The van der Waals surface area contributed by atoms with E-state index in [1.807, 2.05) is 17.0 Å². The van der Waals surface area contributed by atoms with Gasteiger partial charge in [-0.3, -0.25) is 9.78 Å². The molecule has 0 bridgehead atoms. The van der Waals surface area contributed by atoms with Crippen LogP contribution in [0, 0.1) is 5.92 Å². The van der Waals surface area contributed by atoms with E-state index in [2.05, 4.69) is 15.5 Å². The third-order valence-electron chi connectivity index (χ3n) is 4.87. The Hall–Kier alpha value is -2.21. The second-order valence-electron chi connectivity index (χ2n) is 6.73. The molecule has 2 aliphatic rings. The number of likely N-dealkylation sites (tertiary alicyclic amines) is 1. The maximum atomic E-state index is 12.6. The standard InChI is InChI=1S/C18H22N4O2/c23-18(16-11-17(24-21-16)14-3-7-19-8-4-14)22-9-5-15(6-10-22)20-12-13-1-2-13/h3-4,7-8,11,13,15,20H,1-2,5-6,9-10,12H2. The number of nitrogens with one attached hydrogen (secondary N) is 1. The van der Waals surface area contributed by atoms with Crippen LogP contribution in [-0.2, 0) is 0 Å². The second kappa shape index (κ2) is 6.73. The van der Waals surface area contributed by atoms with Crippen LogP contribution in [0.5, 0.6) is 0 Å². The van der Waals surface area contributed by atoms with Crippen LogP contribution in [-0.4, -0.2) is 46.6 Å². The van der Waals surface area contributed by atoms with Gasteiger partial charge in [0, 0.05) is 43.2 Å². The van der Waals surface area contributed by atoms with Crippen molar-refractivity contribution in [2.75, 3.05) is 19.6 Å². The minimum absolute atomic E-state index is 0.0419. The summed E-state index contributed by atoms with van der Waals surface area (Å²) in [6, 6.07) is 5.94. The number of hydrogen-bond acceptors (Lipinski definition) is 5. The zero-order chi connectivity index (χ0) is 16.4. The molecular formula is C18H22N4O2. The highest BCUT2D eigenvalue weighted by Gasteiger charge is 2.27. The fourth-order valence-electron chi connectivity index (χ4n) is 3.13. The first kappa shape index (κ1) is 15.3. The molecule has 1 saturated heterocycles. The lowest BCUT2D eigenvalue weighted by molar-refractivity contribution is 0.0694. The van der Waals surface area contributed by atoms with Crippen molar-refractivity contribution in [3.05, 3.63) is 36.3 Å². The summed E-state index contributed by atoms with van der Waals surface area (Å²) in [5.41, 5.74) is 1.26. The van der Waals surface area contributed by atoms with Crippen LogP contribution in [0.1, 0.15) is 36.2 Å². The first-order valence-electron chi connectivity index (χ1n) is 8.69. The molecule has 0 aromatic carbocycles. The molecule has 2 fully saturated rings. The van der Waals surface area contributed by atoms with Crippen LogP contribution >= 0.6 is 0 Å². The Morgan fingerprint density at radius 3 is 2.67 bits per heavy atom. The number of pyridine rings is 1. The monoisotopic (exact) mass is 326 g/mol. The second-order valence-corrected chi connectivity index (χ2v) is 6.73. The predicted molar refractivity (Wildman–Crippen MR) is 89.4 cm³/mol. The Labute approximate surface area is 141 Å². The van der Waals surface area contributed by atoms with Gasteiger partial charge in [-0.2, -0.15) is 0 Å². The van der Waals surface area contributed by atoms with Crippen molar-refractivity contribution >= 4 is 5.91 Å². The number of rotatable bonds is 5. The van der Waals surface area contributed by atoms with Crippen molar-refractivity contribution in [3.63, 3.8) is 0 Å². The lowest BCUT2D eigenvalue weighted by Gasteiger charge is -2.32. The molecule has 1 aliphatic carbocycles. The number of carbonyl (C=O) groups excluding carboxylic acids is 1. The van der Waals surface area contributed by atoms with Crippen LogP contribution in [0.3, 0.4) is 0 Å². The van der Waals surface area contributed by atoms with Gasteiger partial charge in [-0.25, -0.2) is 0 Å². The average molecular weight is 326 g/mol. The smallest absolute Gasteiger partial charge is 0.276 e. The first-order chi connectivity index (χ1) is 11.8. The number of hydrogen-bond donors (Lipinski definition) is 1. The summed E-state index contributed by atoms with van der Waals surface area (Å²) in [4.78, 5) is 18.5. The van der Waals surface area contributed by atoms with E-state index >= 15 is 0 Å². The highest BCUT2D eigenvalue weighted by molar-refractivity contribution is 5.93. The number of aromatic nitrogens is 2. The Morgan fingerprint density at radius 1 is 1.21 bits per heavy atom. The van der Waals surface area contributed by atoms with Crippen LogP contribution < -0.4 is 5.32 Å². The lowest BCUT2D eigenvalue weighted by atomic mass is 10.0. The Kier molecular flexibility index (Phi) is 4.30. The maximum Gasteiger partial charge on any atom is 0.276 e. The molecule has 126 valence electrons. The summed E-state index contributed by atoms with van der Waals surface area (Å²) >= 11 is 0. The molecule has 0 atom stereocenters. The van der Waals surface area contributed by atoms with Gasteiger partial charge in [-0.15, -0.1) is 0 Å². The zero-order valence-corrected chi connectivity index (χ0v) is 13.6. The van der Waals surface area contributed by atoms with Crippen molar-refractivity contribution in [2.24, 2.45) is 5.92 Å². The minimum Gasteiger partial charge on any atom is -0.355 e. The number of piperidine rings is 1. The molecule has 24 heavy (non-hydrogen) atoms. The molecule has 4 rings (SSSR count). The SMILES string of the molecule is O=C(c1cc(-c2ccncc2)on1)N1CCC(NCC2CC2)CC1. The number of nitrogens with zero attached hydrogens (tertiary/aromatic N) is 3. The van der Waals surface area contributed by atoms with Crippen molar-refractivity contribution < 1.29 is 9.32 Å². The van der Waals surface area contributed by atoms with Crippen molar-refractivity contribution in [1.29, 1.82) is 0 Å². The molecule has 1 amide bonds. The molecule has 0 spiro atoms. The van der Waals surface area contributed by atoms with E-state index in [1.165, 1.54) is 12.8 Å². The summed E-state index contributed by atoms with van der Waals surface area (Å²) in [5.74, 6) is 1.45. The van der Waals surface area contributed by atoms with Gasteiger partial charge in [0.05, 0.1) is 0 Å². The van der Waals surface area contributed by atoms with E-state index in [0.717, 1.165) is 44.0 Å². The number of carbonyl (C=O) groups is 1. The van der Waals surface area contributed by atoms with Gasteiger partial charge in [0.1, 0.15) is 0 Å². The Morgan fingerprint density at radius 2 is 1.96 bits per heavy atom. The van der Waals surface area contributed by atoms with Gasteiger partial charge in [0.15, 0.2) is 11.5 Å². The van der Waals surface area contributed by atoms with Crippen LogP contribution in [0.25, 0.3) is 11.3 Å². The molecule has 2 aromatic heterocycles. The largest absolute Gasteiger partial charge is 0.355 e. The third-order valence-corrected chi connectivity index (χ3v) is 4.87. The van der Waals surface area contributed by atoms with Gasteiger partial charge >= 0.3 is 0 Å². The molecule has 0 unspecified atom stereocenters. The Balaban J connectivity index is 1.34. The van der Waals surface area contributed by atoms with E-state index in [1.54, 1.807) is 18.5 Å². The van der Waals surface area contributed by atoms with Gasteiger partial charge in [0.25, 0.3) is 5.91 Å². The summed E-state index contributed by atoms with van der Waals surface area (Å²) in [5, 5.41) is 7.58.